The van der Waals surface area contributed by atoms with Crippen molar-refractivity contribution in [1.29, 1.82) is 0 Å². The molecule has 3 aromatic rings. The van der Waals surface area contributed by atoms with Gasteiger partial charge in [0.1, 0.15) is 12.7 Å². The van der Waals surface area contributed by atoms with E-state index in [0.29, 0.717) is 5.56 Å². The van der Waals surface area contributed by atoms with Gasteiger partial charge in [0.25, 0.3) is 5.91 Å². The smallest absolute Gasteiger partial charge is 0.416 e. The zero-order chi connectivity index (χ0) is 24.7. The first-order valence-corrected chi connectivity index (χ1v) is 9.64. The Morgan fingerprint density at radius 3 is 2.56 bits per heavy atom. The van der Waals surface area contributed by atoms with Gasteiger partial charge in [0.2, 0.25) is 0 Å². The molecule has 0 aliphatic carbocycles. The summed E-state index contributed by atoms with van der Waals surface area (Å²) in [6.07, 6.45) is 0.626. The van der Waals surface area contributed by atoms with Crippen LogP contribution in [0, 0.1) is 0 Å². The van der Waals surface area contributed by atoms with Gasteiger partial charge < -0.3 is 19.5 Å². The highest BCUT2D eigenvalue weighted by Gasteiger charge is 2.31. The van der Waals surface area contributed by atoms with Crippen LogP contribution in [0.2, 0.25) is 0 Å². The Bertz CT molecular complexity index is 1190. The van der Waals surface area contributed by atoms with E-state index in [0.717, 1.165) is 12.1 Å². The molecule has 178 valence electrons. The van der Waals surface area contributed by atoms with Gasteiger partial charge in [0, 0.05) is 6.08 Å². The first-order valence-electron chi connectivity index (χ1n) is 9.64. The fourth-order valence-electron chi connectivity index (χ4n) is 2.81. The first kappa shape index (κ1) is 24.3. The Kier molecular flexibility index (Phi) is 7.51. The molecule has 0 saturated heterocycles. The lowest BCUT2D eigenvalue weighted by Gasteiger charge is -2.15. The summed E-state index contributed by atoms with van der Waals surface area (Å²) >= 11 is 0. The number of rotatable bonds is 8. The fourth-order valence-corrected chi connectivity index (χ4v) is 2.81. The van der Waals surface area contributed by atoms with E-state index in [1.165, 1.54) is 55.8 Å². The van der Waals surface area contributed by atoms with Gasteiger partial charge in [-0.1, -0.05) is 6.07 Å². The molecule has 0 unspecified atom stereocenters. The molecule has 0 radical (unpaired) electrons. The third-order valence-electron chi connectivity index (χ3n) is 4.42. The van der Waals surface area contributed by atoms with Crippen molar-refractivity contribution in [3.8, 4) is 17.2 Å². The second-order valence-electron chi connectivity index (χ2n) is 6.67. The molecule has 0 saturated carbocycles. The predicted molar refractivity (Wildman–Crippen MR) is 115 cm³/mol. The van der Waals surface area contributed by atoms with E-state index in [1.54, 1.807) is 12.1 Å². The van der Waals surface area contributed by atoms with Crippen LogP contribution >= 0.6 is 0 Å². The number of alkyl halides is 3. The van der Waals surface area contributed by atoms with Crippen molar-refractivity contribution < 1.29 is 37.0 Å². The summed E-state index contributed by atoms with van der Waals surface area (Å²) in [6, 6.07) is 7.57. The maximum atomic E-state index is 13.2. The Labute approximate surface area is 191 Å². The number of halogens is 3. The molecule has 1 amide bonds. The zero-order valence-electron chi connectivity index (χ0n) is 18.0. The monoisotopic (exact) mass is 476 g/mol. The van der Waals surface area contributed by atoms with E-state index >= 15 is 0 Å². The van der Waals surface area contributed by atoms with Crippen molar-refractivity contribution in [1.82, 2.24) is 14.8 Å². The van der Waals surface area contributed by atoms with Crippen LogP contribution in [0.4, 0.5) is 18.9 Å². The normalized spacial score (nSPS) is 11.3. The minimum Gasteiger partial charge on any atom is -0.493 e. The van der Waals surface area contributed by atoms with Gasteiger partial charge in [-0.15, -0.1) is 0 Å². The molecule has 1 N–H and O–H groups in total. The summed E-state index contributed by atoms with van der Waals surface area (Å²) < 4.78 is 56.0. The highest BCUT2D eigenvalue weighted by Crippen LogP contribution is 2.33. The summed E-state index contributed by atoms with van der Waals surface area (Å²) in [6.45, 7) is -0.513. The third kappa shape index (κ3) is 6.12. The summed E-state index contributed by atoms with van der Waals surface area (Å²) in [5, 5.41) is 6.31. The van der Waals surface area contributed by atoms with Crippen LogP contribution in [0.15, 0.2) is 55.1 Å². The summed E-state index contributed by atoms with van der Waals surface area (Å²) in [5.41, 5.74) is -0.257. The van der Waals surface area contributed by atoms with Crippen molar-refractivity contribution in [2.75, 3.05) is 26.1 Å². The second kappa shape index (κ2) is 10.5. The standard InChI is InChI=1S/C22H19F3N4O5/c1-32-19-9-14(4-8-21(31)33-2)3-7-18(19)34-11-20(30)28-16-10-15(22(23,24)25)5-6-17(16)29-13-26-12-27-29/h3-10,12-13H,11H2,1-2H3,(H,28,30). The summed E-state index contributed by atoms with van der Waals surface area (Å²) in [4.78, 5) is 27.5. The van der Waals surface area contributed by atoms with Gasteiger partial charge in [-0.2, -0.15) is 18.3 Å². The lowest BCUT2D eigenvalue weighted by molar-refractivity contribution is -0.137. The predicted octanol–water partition coefficient (Wildman–Crippen LogP) is 3.50. The molecular formula is C22H19F3N4O5. The van der Waals surface area contributed by atoms with Crippen molar-refractivity contribution in [3.05, 3.63) is 66.3 Å². The van der Waals surface area contributed by atoms with Crippen molar-refractivity contribution >= 4 is 23.6 Å². The maximum absolute atomic E-state index is 13.2. The number of methoxy groups -OCH3 is 2. The quantitative estimate of drug-likeness (QED) is 0.392. The molecule has 0 atom stereocenters. The van der Waals surface area contributed by atoms with Crippen LogP contribution in [0.5, 0.6) is 11.5 Å². The van der Waals surface area contributed by atoms with Crippen LogP contribution < -0.4 is 14.8 Å². The molecular weight excluding hydrogens is 457 g/mol. The topological polar surface area (TPSA) is 105 Å². The second-order valence-corrected chi connectivity index (χ2v) is 6.67. The van der Waals surface area contributed by atoms with Gasteiger partial charge >= 0.3 is 12.1 Å². The molecule has 1 heterocycles. The van der Waals surface area contributed by atoms with Crippen molar-refractivity contribution in [3.63, 3.8) is 0 Å². The van der Waals surface area contributed by atoms with E-state index in [9.17, 15) is 22.8 Å². The number of hydrogen-bond donors (Lipinski definition) is 1. The van der Waals surface area contributed by atoms with Gasteiger partial charge in [-0.25, -0.2) is 14.5 Å². The van der Waals surface area contributed by atoms with Crippen LogP contribution in [0.3, 0.4) is 0 Å². The van der Waals surface area contributed by atoms with Gasteiger partial charge in [-0.3, -0.25) is 4.79 Å². The van der Waals surface area contributed by atoms with Crippen LogP contribution in [-0.4, -0.2) is 47.5 Å². The number of carbonyl (C=O) groups excluding carboxylic acids is 2. The molecule has 0 bridgehead atoms. The van der Waals surface area contributed by atoms with Crippen LogP contribution in [0.1, 0.15) is 11.1 Å². The Balaban J connectivity index is 1.75. The molecule has 34 heavy (non-hydrogen) atoms. The highest BCUT2D eigenvalue weighted by atomic mass is 19.4. The van der Waals surface area contributed by atoms with E-state index in [1.807, 2.05) is 0 Å². The molecule has 0 aliphatic rings. The van der Waals surface area contributed by atoms with Gasteiger partial charge in [0.15, 0.2) is 18.1 Å². The Morgan fingerprint density at radius 1 is 1.12 bits per heavy atom. The molecule has 3 rings (SSSR count). The average molecular weight is 476 g/mol. The third-order valence-corrected chi connectivity index (χ3v) is 4.42. The molecule has 0 spiro atoms. The molecule has 0 fully saturated rings. The fraction of sp³-hybridized carbons (Fsp3) is 0.182. The SMILES string of the molecule is COC(=O)C=Cc1ccc(OCC(=O)Nc2cc(C(F)(F)F)ccc2-n2cncn2)c(OC)c1. The molecule has 0 aliphatic heterocycles. The molecule has 9 nitrogen and oxygen atoms in total. The summed E-state index contributed by atoms with van der Waals surface area (Å²) in [7, 11) is 2.65. The van der Waals surface area contributed by atoms with E-state index < -0.39 is 30.2 Å². The number of anilines is 1. The highest BCUT2D eigenvalue weighted by molar-refractivity contribution is 5.94. The number of hydrogen-bond acceptors (Lipinski definition) is 7. The number of nitrogens with zero attached hydrogens (tertiary/aromatic N) is 3. The van der Waals surface area contributed by atoms with E-state index in [2.05, 4.69) is 20.1 Å². The average Bonchev–Trinajstić information content (AvgIpc) is 3.35. The lowest BCUT2D eigenvalue weighted by atomic mass is 10.1. The first-order chi connectivity index (χ1) is 16.2. The van der Waals surface area contributed by atoms with Gasteiger partial charge in [-0.05, 0) is 42.0 Å². The maximum Gasteiger partial charge on any atom is 0.416 e. The van der Waals surface area contributed by atoms with Crippen LogP contribution in [0.25, 0.3) is 11.8 Å². The number of nitrogens with one attached hydrogen (secondary N) is 1. The van der Waals surface area contributed by atoms with E-state index in [4.69, 9.17) is 9.47 Å². The number of aromatic nitrogens is 3. The Morgan fingerprint density at radius 2 is 1.91 bits per heavy atom. The van der Waals surface area contributed by atoms with E-state index in [-0.39, 0.29) is 22.9 Å². The molecule has 2 aromatic carbocycles. The number of amides is 1. The minimum absolute atomic E-state index is 0.121. The van der Waals surface area contributed by atoms with Crippen LogP contribution in [-0.2, 0) is 20.5 Å². The number of carbonyl (C=O) groups is 2. The number of esters is 1. The molecule has 1 aromatic heterocycles. The number of ether oxygens (including phenoxy) is 3. The zero-order valence-corrected chi connectivity index (χ0v) is 18.0. The van der Waals surface area contributed by atoms with Gasteiger partial charge in [0.05, 0.1) is 31.2 Å². The lowest BCUT2D eigenvalue weighted by Crippen LogP contribution is -2.22. The number of benzene rings is 2. The largest absolute Gasteiger partial charge is 0.493 e. The molecule has 12 heteroatoms. The van der Waals surface area contributed by atoms with Crippen molar-refractivity contribution in [2.24, 2.45) is 0 Å². The van der Waals surface area contributed by atoms with Crippen molar-refractivity contribution in [2.45, 2.75) is 6.18 Å². The summed E-state index contributed by atoms with van der Waals surface area (Å²) in [5.74, 6) is -0.746. The Hall–Kier alpha value is -4.35. The minimum atomic E-state index is -4.60.